The van der Waals surface area contributed by atoms with Gasteiger partial charge in [-0.1, -0.05) is 51.1 Å². The lowest BCUT2D eigenvalue weighted by Gasteiger charge is -2.39. The van der Waals surface area contributed by atoms with Crippen molar-refractivity contribution < 1.29 is 9.39 Å². The van der Waals surface area contributed by atoms with E-state index in [1.54, 1.807) is 0 Å². The summed E-state index contributed by atoms with van der Waals surface area (Å²) < 4.78 is 12.6. The molecule has 1 aromatic carbocycles. The second-order valence-electron chi connectivity index (χ2n) is 8.97. The molecule has 4 heteroatoms. The molecule has 136 valence electrons. The fourth-order valence-electron chi connectivity index (χ4n) is 3.50. The fourth-order valence-corrected chi connectivity index (χ4v) is 3.50. The minimum Gasteiger partial charge on any atom is -0.461 e. The lowest BCUT2D eigenvalue weighted by atomic mass is 9.76. The van der Waals surface area contributed by atoms with E-state index in [2.05, 4.69) is 76.4 Å². The molecule has 1 aliphatic carbocycles. The predicted octanol–water partition coefficient (Wildman–Crippen LogP) is 3.47. The van der Waals surface area contributed by atoms with E-state index >= 15 is 0 Å². The summed E-state index contributed by atoms with van der Waals surface area (Å²) in [5.74, 6) is 2.07. The quantitative estimate of drug-likeness (QED) is 0.848. The second-order valence-corrected chi connectivity index (χ2v) is 8.97. The van der Waals surface area contributed by atoms with Crippen molar-refractivity contribution in [1.29, 1.82) is 0 Å². The summed E-state index contributed by atoms with van der Waals surface area (Å²) in [6.45, 7) is 11.9. The summed E-state index contributed by atoms with van der Waals surface area (Å²) in [5.41, 5.74) is 4.83. The molecule has 0 saturated heterocycles. The highest BCUT2D eigenvalue weighted by atomic mass is 16.5. The van der Waals surface area contributed by atoms with E-state index < -0.39 is 0 Å². The smallest absolute Gasteiger partial charge is 0.309 e. The van der Waals surface area contributed by atoms with Crippen LogP contribution in [-0.2, 0) is 4.65 Å². The van der Waals surface area contributed by atoms with Crippen LogP contribution in [0.3, 0.4) is 0 Å². The Morgan fingerprint density at radius 3 is 2.77 bits per heavy atom. The van der Waals surface area contributed by atoms with Crippen LogP contribution >= 0.6 is 0 Å². The molecule has 0 fully saturated rings. The Hall–Kier alpha value is -1.78. The van der Waals surface area contributed by atoms with Crippen molar-refractivity contribution in [3.05, 3.63) is 53.3 Å². The van der Waals surface area contributed by atoms with Gasteiger partial charge in [-0.25, -0.2) is 0 Å². The lowest BCUT2D eigenvalue weighted by Crippen LogP contribution is -2.42. The highest BCUT2D eigenvalue weighted by Gasteiger charge is 2.34. The van der Waals surface area contributed by atoms with Gasteiger partial charge < -0.3 is 14.7 Å². The maximum atomic E-state index is 6.32. The van der Waals surface area contributed by atoms with Crippen LogP contribution in [0.1, 0.15) is 46.6 Å². The van der Waals surface area contributed by atoms with Gasteiger partial charge in [0, 0.05) is 24.1 Å². The third-order valence-corrected chi connectivity index (χ3v) is 6.16. The Morgan fingerprint density at radius 1 is 1.19 bits per heavy atom. The topological polar surface area (TPSA) is 30.5 Å². The van der Waals surface area contributed by atoms with Crippen LogP contribution in [-0.4, -0.2) is 25.7 Å². The van der Waals surface area contributed by atoms with Gasteiger partial charge in [-0.3, -0.25) is 0 Å². The zero-order chi connectivity index (χ0) is 18.5. The minimum absolute atomic E-state index is 0.0841. The van der Waals surface area contributed by atoms with Crippen molar-refractivity contribution in [2.45, 2.75) is 52.7 Å². The van der Waals surface area contributed by atoms with Crippen LogP contribution in [0.2, 0.25) is 0 Å². The van der Waals surface area contributed by atoms with E-state index in [1.807, 2.05) is 0 Å². The Bertz CT molecular complexity index is 827. The molecule has 0 aromatic heterocycles. The lowest BCUT2D eigenvalue weighted by molar-refractivity contribution is 0.00503. The molecule has 0 bridgehead atoms. The molecular weight excluding hydrogens is 321 g/mol. The Balaban J connectivity index is 1.61. The predicted molar refractivity (Wildman–Crippen MR) is 109 cm³/mol. The third-order valence-electron chi connectivity index (χ3n) is 6.16. The van der Waals surface area contributed by atoms with Crippen LogP contribution in [0, 0.1) is 5.41 Å². The standard InChI is InChI=1S/C22H28BNO2/c1-21(2,3)22(4,5)26-23-14-9-10-15-16-7-6-8-17-20(16)18(11-12-24-17)25-19(15)13-14/h6-10,13,17,23-24H,11-12H2,1-5H3. The molecule has 3 aliphatic rings. The summed E-state index contributed by atoms with van der Waals surface area (Å²) in [6.07, 6.45) is 7.51. The molecule has 1 atom stereocenters. The number of allylic oxidation sites excluding steroid dienone is 2. The number of hydrogen-bond acceptors (Lipinski definition) is 3. The van der Waals surface area contributed by atoms with Crippen molar-refractivity contribution in [3.63, 3.8) is 0 Å². The van der Waals surface area contributed by atoms with Crippen molar-refractivity contribution in [2.24, 2.45) is 5.41 Å². The minimum atomic E-state index is -0.196. The fraction of sp³-hybridized carbons (Fsp3) is 0.455. The Kier molecular flexibility index (Phi) is 4.16. The van der Waals surface area contributed by atoms with Crippen LogP contribution in [0.4, 0.5) is 0 Å². The van der Waals surface area contributed by atoms with Crippen LogP contribution < -0.4 is 15.5 Å². The molecule has 4 rings (SSSR count). The highest BCUT2D eigenvalue weighted by molar-refractivity contribution is 6.47. The molecule has 1 unspecified atom stereocenters. The van der Waals surface area contributed by atoms with Gasteiger partial charge in [0.15, 0.2) is 0 Å². The van der Waals surface area contributed by atoms with Gasteiger partial charge in [-0.15, -0.1) is 0 Å². The zero-order valence-electron chi connectivity index (χ0n) is 16.5. The monoisotopic (exact) mass is 349 g/mol. The van der Waals surface area contributed by atoms with Gasteiger partial charge in [0.1, 0.15) is 11.5 Å². The molecule has 1 aromatic rings. The molecular formula is C22H28BNO2. The SMILES string of the molecule is CC(C)(C)C(C)(C)OBc1ccc2c(c1)OC1=C3C2=CC=CC3NCC1. The van der Waals surface area contributed by atoms with E-state index in [1.165, 1.54) is 16.7 Å². The van der Waals surface area contributed by atoms with Crippen molar-refractivity contribution >= 4 is 18.5 Å². The van der Waals surface area contributed by atoms with Gasteiger partial charge in [-0.2, -0.15) is 0 Å². The van der Waals surface area contributed by atoms with Crippen LogP contribution in [0.5, 0.6) is 5.75 Å². The average molecular weight is 349 g/mol. The first-order valence-electron chi connectivity index (χ1n) is 9.57. The van der Waals surface area contributed by atoms with Gasteiger partial charge in [0.2, 0.25) is 0 Å². The number of fused-ring (bicyclic) bond motifs is 2. The maximum absolute atomic E-state index is 6.32. The molecule has 1 N–H and O–H groups in total. The molecule has 2 aliphatic heterocycles. The van der Waals surface area contributed by atoms with Crippen LogP contribution in [0.25, 0.3) is 5.57 Å². The molecule has 3 nitrogen and oxygen atoms in total. The summed E-state index contributed by atoms with van der Waals surface area (Å²) in [5, 5.41) is 3.56. The second kappa shape index (κ2) is 6.14. The number of rotatable bonds is 3. The van der Waals surface area contributed by atoms with Crippen LogP contribution in [0.15, 0.2) is 47.8 Å². The first-order valence-corrected chi connectivity index (χ1v) is 9.57. The van der Waals surface area contributed by atoms with E-state index in [9.17, 15) is 0 Å². The largest absolute Gasteiger partial charge is 0.461 e. The number of ether oxygens (including phenoxy) is 1. The highest BCUT2D eigenvalue weighted by Crippen LogP contribution is 2.43. The molecule has 0 amide bonds. The van der Waals surface area contributed by atoms with Crippen molar-refractivity contribution in [2.75, 3.05) is 6.54 Å². The number of hydrogen-bond donors (Lipinski definition) is 1. The van der Waals surface area contributed by atoms with Gasteiger partial charge >= 0.3 is 7.48 Å². The molecule has 0 saturated carbocycles. The maximum Gasteiger partial charge on any atom is 0.309 e. The number of nitrogens with one attached hydrogen (secondary N) is 1. The number of benzene rings is 1. The van der Waals surface area contributed by atoms with E-state index in [0.717, 1.165) is 29.9 Å². The van der Waals surface area contributed by atoms with Gasteiger partial charge in [0.05, 0.1) is 11.6 Å². The van der Waals surface area contributed by atoms with E-state index in [4.69, 9.17) is 9.39 Å². The Labute approximate surface area is 157 Å². The summed E-state index contributed by atoms with van der Waals surface area (Å²) in [6, 6.07) is 6.77. The van der Waals surface area contributed by atoms with Crippen molar-refractivity contribution in [1.82, 2.24) is 5.32 Å². The molecule has 26 heavy (non-hydrogen) atoms. The van der Waals surface area contributed by atoms with E-state index in [0.29, 0.717) is 7.48 Å². The summed E-state index contributed by atoms with van der Waals surface area (Å²) in [4.78, 5) is 0. The Morgan fingerprint density at radius 2 is 2.00 bits per heavy atom. The normalized spacial score (nSPS) is 21.6. The first kappa shape index (κ1) is 17.6. The summed E-state index contributed by atoms with van der Waals surface area (Å²) in [7, 11) is 0.593. The van der Waals surface area contributed by atoms with Gasteiger partial charge in [-0.05, 0) is 36.4 Å². The third kappa shape index (κ3) is 2.95. The zero-order valence-corrected chi connectivity index (χ0v) is 16.5. The molecule has 2 heterocycles. The van der Waals surface area contributed by atoms with Crippen molar-refractivity contribution in [3.8, 4) is 5.75 Å². The van der Waals surface area contributed by atoms with Gasteiger partial charge in [0.25, 0.3) is 0 Å². The van der Waals surface area contributed by atoms with E-state index in [-0.39, 0.29) is 17.1 Å². The molecule has 0 spiro atoms. The first-order chi connectivity index (χ1) is 12.3. The average Bonchev–Trinajstić information content (AvgIpc) is 2.59. The summed E-state index contributed by atoms with van der Waals surface area (Å²) >= 11 is 0. The molecule has 0 radical (unpaired) electrons.